The van der Waals surface area contributed by atoms with Gasteiger partial charge in [0.15, 0.2) is 6.29 Å². The molecule has 0 aliphatic carbocycles. The van der Waals surface area contributed by atoms with Crippen molar-refractivity contribution in [3.05, 3.63) is 30.0 Å². The van der Waals surface area contributed by atoms with E-state index in [1.165, 1.54) is 32.4 Å². The van der Waals surface area contributed by atoms with Crippen molar-refractivity contribution < 1.29 is 9.53 Å². The predicted molar refractivity (Wildman–Crippen MR) is 86.2 cm³/mol. The maximum atomic E-state index is 10.8. The molecule has 1 N–H and O–H groups in total. The van der Waals surface area contributed by atoms with Crippen LogP contribution in [0.15, 0.2) is 24.4 Å². The van der Waals surface area contributed by atoms with E-state index in [-0.39, 0.29) is 0 Å². The molecule has 1 fully saturated rings. The highest BCUT2D eigenvalue weighted by Crippen LogP contribution is 2.24. The zero-order valence-electron chi connectivity index (χ0n) is 12.9. The van der Waals surface area contributed by atoms with E-state index in [0.29, 0.717) is 12.2 Å². The molecule has 0 bridgehead atoms. The van der Waals surface area contributed by atoms with E-state index in [4.69, 9.17) is 4.74 Å². The smallest absolute Gasteiger partial charge is 0.152 e. The van der Waals surface area contributed by atoms with Gasteiger partial charge in [-0.25, -0.2) is 0 Å². The largest absolute Gasteiger partial charge is 0.494 e. The predicted octanol–water partition coefficient (Wildman–Crippen LogP) is 3.15. The Hall–Kier alpha value is -1.81. The fourth-order valence-corrected chi connectivity index (χ4v) is 2.55. The summed E-state index contributed by atoms with van der Waals surface area (Å²) in [6.07, 6.45) is 6.92. The Morgan fingerprint density at radius 3 is 2.57 bits per heavy atom. The van der Waals surface area contributed by atoms with E-state index < -0.39 is 0 Å². The number of carbonyl (C=O) groups excluding carboxylic acids is 1. The number of ether oxygens (including phenoxy) is 1. The first-order valence-electron chi connectivity index (χ1n) is 7.64. The molecule has 2 aromatic rings. The van der Waals surface area contributed by atoms with Crippen molar-refractivity contribution in [2.45, 2.75) is 26.2 Å². The molecule has 3 rings (SSSR count). The summed E-state index contributed by atoms with van der Waals surface area (Å²) >= 11 is 0. The number of aldehydes is 1. The van der Waals surface area contributed by atoms with Gasteiger partial charge in [0.2, 0.25) is 0 Å². The zero-order valence-corrected chi connectivity index (χ0v) is 12.9. The molecule has 0 unspecified atom stereocenters. The zero-order chi connectivity index (χ0) is 15.1. The first-order valence-corrected chi connectivity index (χ1v) is 7.64. The molecule has 0 atom stereocenters. The number of carbonyl (C=O) groups is 1. The molecule has 21 heavy (non-hydrogen) atoms. The Kier molecular flexibility index (Phi) is 5.81. The number of aromatic nitrogens is 1. The SMILES string of the molecule is C1CCNCC1.CCOc1ccc2c(c1)c(C=O)cn2C. The van der Waals surface area contributed by atoms with E-state index in [2.05, 4.69) is 5.32 Å². The molecule has 1 aliphatic heterocycles. The van der Waals surface area contributed by atoms with Crippen LogP contribution in [0.25, 0.3) is 10.9 Å². The topological polar surface area (TPSA) is 43.3 Å². The maximum Gasteiger partial charge on any atom is 0.152 e. The number of hydrogen-bond donors (Lipinski definition) is 1. The Morgan fingerprint density at radius 1 is 1.29 bits per heavy atom. The highest BCUT2D eigenvalue weighted by molar-refractivity contribution is 5.98. The van der Waals surface area contributed by atoms with Crippen LogP contribution >= 0.6 is 0 Å². The summed E-state index contributed by atoms with van der Waals surface area (Å²) in [4.78, 5) is 10.8. The minimum atomic E-state index is 0.634. The Labute approximate surface area is 126 Å². The second-order valence-electron chi connectivity index (χ2n) is 5.24. The van der Waals surface area contributed by atoms with Gasteiger partial charge in [-0.15, -0.1) is 0 Å². The van der Waals surface area contributed by atoms with Crippen LogP contribution < -0.4 is 10.1 Å². The molecule has 4 heteroatoms. The molecule has 0 saturated carbocycles. The number of nitrogens with one attached hydrogen (secondary N) is 1. The van der Waals surface area contributed by atoms with Gasteiger partial charge in [0, 0.05) is 29.7 Å². The van der Waals surface area contributed by atoms with Crippen LogP contribution in [0.3, 0.4) is 0 Å². The molecule has 1 saturated heterocycles. The summed E-state index contributed by atoms with van der Waals surface area (Å²) in [6, 6.07) is 5.79. The lowest BCUT2D eigenvalue weighted by Crippen LogP contribution is -2.21. The number of piperidine rings is 1. The molecule has 1 aromatic heterocycles. The highest BCUT2D eigenvalue weighted by Gasteiger charge is 2.06. The fourth-order valence-electron chi connectivity index (χ4n) is 2.55. The van der Waals surface area contributed by atoms with Crippen molar-refractivity contribution >= 4 is 17.2 Å². The third-order valence-corrected chi connectivity index (χ3v) is 3.64. The van der Waals surface area contributed by atoms with E-state index >= 15 is 0 Å². The van der Waals surface area contributed by atoms with Crippen LogP contribution in [-0.2, 0) is 7.05 Å². The van der Waals surface area contributed by atoms with Crippen LogP contribution in [0, 0.1) is 0 Å². The van der Waals surface area contributed by atoms with Gasteiger partial charge in [-0.2, -0.15) is 0 Å². The fraction of sp³-hybridized carbons (Fsp3) is 0.471. The molecule has 1 aromatic carbocycles. The van der Waals surface area contributed by atoms with Crippen molar-refractivity contribution in [1.82, 2.24) is 9.88 Å². The number of hydrogen-bond acceptors (Lipinski definition) is 3. The Bertz CT molecular complexity index is 574. The molecular weight excluding hydrogens is 264 g/mol. The van der Waals surface area contributed by atoms with Crippen LogP contribution in [-0.4, -0.2) is 30.5 Å². The summed E-state index contributed by atoms with van der Waals surface area (Å²) in [5.41, 5.74) is 1.75. The molecule has 0 radical (unpaired) electrons. The van der Waals surface area contributed by atoms with Crippen molar-refractivity contribution in [3.8, 4) is 5.75 Å². The van der Waals surface area contributed by atoms with E-state index in [1.54, 1.807) is 0 Å². The summed E-state index contributed by atoms with van der Waals surface area (Å²) in [7, 11) is 1.93. The molecule has 4 nitrogen and oxygen atoms in total. The van der Waals surface area contributed by atoms with Crippen LogP contribution in [0.4, 0.5) is 0 Å². The lowest BCUT2D eigenvalue weighted by atomic mass is 10.2. The average molecular weight is 288 g/mol. The first-order chi connectivity index (χ1) is 10.3. The monoisotopic (exact) mass is 288 g/mol. The van der Waals surface area contributed by atoms with Crippen molar-refractivity contribution in [1.29, 1.82) is 0 Å². The maximum absolute atomic E-state index is 10.8. The van der Waals surface area contributed by atoms with Gasteiger partial charge in [-0.05, 0) is 51.1 Å². The minimum Gasteiger partial charge on any atom is -0.494 e. The standard InChI is InChI=1S/C12H13NO2.C5H11N/c1-3-15-10-4-5-12-11(6-10)9(8-14)7-13(12)2;1-2-4-6-5-3-1/h4-8H,3H2,1-2H3;6H,1-5H2. The minimum absolute atomic E-state index is 0.634. The summed E-state index contributed by atoms with van der Waals surface area (Å²) in [5, 5.41) is 4.23. The Morgan fingerprint density at radius 2 is 2.05 bits per heavy atom. The number of fused-ring (bicyclic) bond motifs is 1. The van der Waals surface area contributed by atoms with Gasteiger partial charge in [-0.1, -0.05) is 6.42 Å². The summed E-state index contributed by atoms with van der Waals surface area (Å²) < 4.78 is 7.34. The summed E-state index contributed by atoms with van der Waals surface area (Å²) in [5.74, 6) is 0.805. The number of nitrogens with zero attached hydrogens (tertiary/aromatic N) is 1. The number of benzene rings is 1. The molecule has 2 heterocycles. The lowest BCUT2D eigenvalue weighted by molar-refractivity contribution is 0.112. The van der Waals surface area contributed by atoms with Gasteiger partial charge in [0.05, 0.1) is 6.61 Å². The molecular formula is C17H24N2O2. The van der Waals surface area contributed by atoms with Crippen molar-refractivity contribution in [2.24, 2.45) is 7.05 Å². The van der Waals surface area contributed by atoms with Crippen molar-refractivity contribution in [2.75, 3.05) is 19.7 Å². The average Bonchev–Trinajstić information content (AvgIpc) is 2.86. The van der Waals surface area contributed by atoms with E-state index in [1.807, 2.05) is 42.9 Å². The third-order valence-electron chi connectivity index (χ3n) is 3.64. The second kappa shape index (κ2) is 7.84. The quantitative estimate of drug-likeness (QED) is 0.882. The van der Waals surface area contributed by atoms with Crippen LogP contribution in [0.1, 0.15) is 36.5 Å². The van der Waals surface area contributed by atoms with Gasteiger partial charge in [0.25, 0.3) is 0 Å². The van der Waals surface area contributed by atoms with Crippen LogP contribution in [0.5, 0.6) is 5.75 Å². The lowest BCUT2D eigenvalue weighted by Gasteiger charge is -2.08. The summed E-state index contributed by atoms with van der Waals surface area (Å²) in [6.45, 7) is 5.07. The first kappa shape index (κ1) is 15.6. The van der Waals surface area contributed by atoms with E-state index in [0.717, 1.165) is 22.9 Å². The molecule has 0 amide bonds. The molecule has 1 aliphatic rings. The molecule has 114 valence electrons. The van der Waals surface area contributed by atoms with Gasteiger partial charge in [-0.3, -0.25) is 4.79 Å². The van der Waals surface area contributed by atoms with Crippen molar-refractivity contribution in [3.63, 3.8) is 0 Å². The van der Waals surface area contributed by atoms with Gasteiger partial charge >= 0.3 is 0 Å². The number of rotatable bonds is 3. The normalized spacial score (nSPS) is 14.4. The van der Waals surface area contributed by atoms with E-state index in [9.17, 15) is 4.79 Å². The highest BCUT2D eigenvalue weighted by atomic mass is 16.5. The Balaban J connectivity index is 0.000000225. The number of aryl methyl sites for hydroxylation is 1. The third kappa shape index (κ3) is 4.08. The van der Waals surface area contributed by atoms with Gasteiger partial charge in [0.1, 0.15) is 5.75 Å². The second-order valence-corrected chi connectivity index (χ2v) is 5.24. The van der Waals surface area contributed by atoms with Gasteiger partial charge < -0.3 is 14.6 Å². The molecule has 0 spiro atoms. The van der Waals surface area contributed by atoms with Crippen LogP contribution in [0.2, 0.25) is 0 Å².